The number of aldehydes is 1. The van der Waals surface area contributed by atoms with Gasteiger partial charge in [0.15, 0.2) is 11.4 Å². The normalized spacial score (nSPS) is 13.6. The summed E-state index contributed by atoms with van der Waals surface area (Å²) in [5.74, 6) is -6.03. The summed E-state index contributed by atoms with van der Waals surface area (Å²) in [7, 11) is 0.725. The van der Waals surface area contributed by atoms with Crippen LogP contribution in [0.15, 0.2) is 28.7 Å². The van der Waals surface area contributed by atoms with Gasteiger partial charge in [0.25, 0.3) is 17.4 Å². The lowest BCUT2D eigenvalue weighted by atomic mass is 9.90. The molecule has 1 atom stereocenters. The number of aromatic nitrogens is 3. The fraction of sp³-hybridized carbons (Fsp3) is 0.385. The first-order chi connectivity index (χ1) is 20.2. The fourth-order valence-corrected chi connectivity index (χ4v) is 3.74. The number of benzene rings is 1. The van der Waals surface area contributed by atoms with Gasteiger partial charge in [0, 0.05) is 12.0 Å². The molecule has 0 saturated heterocycles. The van der Waals surface area contributed by atoms with Gasteiger partial charge in [-0.15, -0.1) is 10.2 Å². The van der Waals surface area contributed by atoms with Crippen molar-refractivity contribution >= 4 is 24.0 Å². The molecule has 0 aliphatic heterocycles. The largest absolute Gasteiger partial charge is 0.464 e. The maximum Gasteiger partial charge on any atom is 0.430 e. The molecule has 44 heavy (non-hydrogen) atoms. The third-order valence-electron chi connectivity index (χ3n) is 5.66. The Morgan fingerprint density at radius 2 is 1.70 bits per heavy atom. The van der Waals surface area contributed by atoms with E-state index in [9.17, 15) is 50.2 Å². The molecule has 0 saturated carbocycles. The van der Waals surface area contributed by atoms with Crippen LogP contribution < -0.4 is 5.32 Å². The van der Waals surface area contributed by atoms with E-state index in [1.54, 1.807) is 0 Å². The Morgan fingerprint density at radius 3 is 2.25 bits per heavy atom. The molecule has 11 nitrogen and oxygen atoms in total. The predicted molar refractivity (Wildman–Crippen MR) is 134 cm³/mol. The molecule has 0 bridgehead atoms. The molecule has 3 aromatic rings. The first kappa shape index (κ1) is 33.9. The van der Waals surface area contributed by atoms with E-state index in [2.05, 4.69) is 19.9 Å². The van der Waals surface area contributed by atoms with Gasteiger partial charge in [-0.25, -0.2) is 19.0 Å². The van der Waals surface area contributed by atoms with Crippen molar-refractivity contribution in [3.05, 3.63) is 58.4 Å². The van der Waals surface area contributed by atoms with Crippen molar-refractivity contribution in [1.82, 2.24) is 15.2 Å². The number of pyridine rings is 1. The number of carbonyl (C=O) groups excluding carboxylic acids is 3. The number of nitrogens with zero attached hydrogens (tertiary/aromatic N) is 3. The van der Waals surface area contributed by atoms with Gasteiger partial charge in [0.2, 0.25) is 0 Å². The van der Waals surface area contributed by atoms with Crippen LogP contribution in [-0.4, -0.2) is 57.5 Å². The van der Waals surface area contributed by atoms with E-state index in [0.29, 0.717) is 18.4 Å². The lowest BCUT2D eigenvalue weighted by molar-refractivity contribution is -0.256. The van der Waals surface area contributed by atoms with Gasteiger partial charge in [0.05, 0.1) is 18.4 Å². The van der Waals surface area contributed by atoms with E-state index in [1.165, 1.54) is 20.8 Å². The Bertz CT molecular complexity index is 1570. The van der Waals surface area contributed by atoms with Crippen LogP contribution in [0, 0.1) is 5.82 Å². The molecule has 3 rings (SSSR count). The van der Waals surface area contributed by atoms with Crippen molar-refractivity contribution < 1.29 is 64.1 Å². The van der Waals surface area contributed by atoms with E-state index in [4.69, 9.17) is 9.15 Å². The second-order valence-corrected chi connectivity index (χ2v) is 10.0. The van der Waals surface area contributed by atoms with Crippen molar-refractivity contribution in [3.8, 4) is 11.6 Å². The second kappa shape index (κ2) is 12.2. The zero-order chi connectivity index (χ0) is 33.3. The number of amides is 1. The van der Waals surface area contributed by atoms with E-state index >= 15 is 0 Å². The fourth-order valence-electron chi connectivity index (χ4n) is 3.74. The third kappa shape index (κ3) is 7.12. The number of esters is 1. The molecule has 2 aromatic heterocycles. The van der Waals surface area contributed by atoms with Crippen LogP contribution in [0.1, 0.15) is 60.3 Å². The summed E-state index contributed by atoms with van der Waals surface area (Å²) in [4.78, 5) is 38.8. The van der Waals surface area contributed by atoms with Crippen molar-refractivity contribution in [2.24, 2.45) is 0 Å². The summed E-state index contributed by atoms with van der Waals surface area (Å²) in [5, 5.41) is 19.3. The summed E-state index contributed by atoms with van der Waals surface area (Å²) in [6, 6.07) is 2.51. The second-order valence-electron chi connectivity index (χ2n) is 10.0. The number of hydrogen-bond donors (Lipinski definition) is 2. The monoisotopic (exact) mass is 636 g/mol. The Balaban J connectivity index is 2.28. The lowest BCUT2D eigenvalue weighted by Crippen LogP contribution is -2.44. The summed E-state index contributed by atoms with van der Waals surface area (Å²) in [5.41, 5.74) is -11.9. The molecule has 0 aliphatic rings. The number of hydrogen-bond acceptors (Lipinski definition) is 10. The molecule has 0 fully saturated rings. The number of nitrogens with one attached hydrogen (secondary N) is 1. The van der Waals surface area contributed by atoms with Gasteiger partial charge in [-0.2, -0.15) is 26.3 Å². The van der Waals surface area contributed by atoms with Crippen LogP contribution in [-0.2, 0) is 32.5 Å². The minimum atomic E-state index is -5.73. The highest BCUT2D eigenvalue weighted by Gasteiger charge is 2.61. The number of rotatable bonds is 8. The van der Waals surface area contributed by atoms with Crippen LogP contribution >= 0.6 is 0 Å². The molecule has 0 aliphatic carbocycles. The van der Waals surface area contributed by atoms with Crippen LogP contribution in [0.3, 0.4) is 0 Å². The first-order valence-electron chi connectivity index (χ1n) is 12.3. The van der Waals surface area contributed by atoms with Crippen molar-refractivity contribution in [2.45, 2.75) is 57.2 Å². The van der Waals surface area contributed by atoms with Gasteiger partial charge in [-0.05, 0) is 51.0 Å². The highest BCUT2D eigenvalue weighted by atomic mass is 19.4. The van der Waals surface area contributed by atoms with Gasteiger partial charge in [-0.1, -0.05) is 6.07 Å². The molecule has 238 valence electrons. The highest BCUT2D eigenvalue weighted by Crippen LogP contribution is 2.46. The van der Waals surface area contributed by atoms with Crippen molar-refractivity contribution in [3.63, 3.8) is 0 Å². The molecule has 1 amide bonds. The molecule has 0 radical (unpaired) electrons. The summed E-state index contributed by atoms with van der Waals surface area (Å²) < 4.78 is 114. The predicted octanol–water partition coefficient (Wildman–Crippen LogP) is 5.35. The lowest BCUT2D eigenvalue weighted by Gasteiger charge is -2.28. The van der Waals surface area contributed by atoms with E-state index in [-0.39, 0.29) is 24.5 Å². The average molecular weight is 636 g/mol. The van der Waals surface area contributed by atoms with Gasteiger partial charge < -0.3 is 23.8 Å². The topological polar surface area (TPSA) is 154 Å². The molecule has 18 heteroatoms. The highest BCUT2D eigenvalue weighted by molar-refractivity contribution is 5.94. The van der Waals surface area contributed by atoms with Gasteiger partial charge in [0.1, 0.15) is 17.7 Å². The summed E-state index contributed by atoms with van der Waals surface area (Å²) >= 11 is 0. The van der Waals surface area contributed by atoms with Gasteiger partial charge in [-0.3, -0.25) is 5.32 Å². The summed E-state index contributed by atoms with van der Waals surface area (Å²) in [6.45, 7) is 4.26. The van der Waals surface area contributed by atoms with Crippen molar-refractivity contribution in [2.75, 3.05) is 12.4 Å². The number of aryl methyl sites for hydroxylation is 1. The summed E-state index contributed by atoms with van der Waals surface area (Å²) in [6.07, 6.45) is -12.1. The van der Waals surface area contributed by atoms with Gasteiger partial charge >= 0.3 is 24.4 Å². The third-order valence-corrected chi connectivity index (χ3v) is 5.66. The van der Waals surface area contributed by atoms with Crippen molar-refractivity contribution in [1.29, 1.82) is 0 Å². The Morgan fingerprint density at radius 1 is 1.05 bits per heavy atom. The van der Waals surface area contributed by atoms with Crippen LogP contribution in [0.2, 0.25) is 0 Å². The van der Waals surface area contributed by atoms with Crippen LogP contribution in [0.25, 0.3) is 11.6 Å². The number of methoxy groups -OCH3 is 1. The molecule has 1 aromatic carbocycles. The number of ether oxygens (including phenoxy) is 2. The molecule has 2 heterocycles. The zero-order valence-electron chi connectivity index (χ0n) is 23.2. The molecular formula is C26H23F7N4O7. The Labute approximate surface area is 243 Å². The maximum absolute atomic E-state index is 14.8. The zero-order valence-corrected chi connectivity index (χ0v) is 23.2. The minimum absolute atomic E-state index is 0.0203. The Hall–Kier alpha value is -4.61. The molecular weight excluding hydrogens is 613 g/mol. The smallest absolute Gasteiger partial charge is 0.430 e. The van der Waals surface area contributed by atoms with Crippen LogP contribution in [0.4, 0.5) is 41.2 Å². The number of alkyl halides is 6. The quantitative estimate of drug-likeness (QED) is 0.188. The SMILES string of the molecule is COC(=O)c1nc(-c2nnc(C(O)(c3cc(CCC=O)ccc3F)C(F)(F)F)o2)c(NC(=O)OC(C)(C)C)cc1C(F)(F)F. The number of aliphatic hydroxyl groups is 1. The number of halogens is 7. The van der Waals surface area contributed by atoms with Crippen LogP contribution in [0.5, 0.6) is 0 Å². The van der Waals surface area contributed by atoms with E-state index in [0.717, 1.165) is 13.2 Å². The standard InChI is InChI=1S/C26H23F7N4O7/c1-23(2,3)44-22(40)34-16-11-14(25(28,29)30)17(20(39)42-4)35-18(16)19-36-37-21(43-19)24(41,26(31,32)33)13-10-12(6-5-9-38)7-8-15(13)27/h7-11,41H,5-6H2,1-4H3,(H,34,40). The molecule has 2 N–H and O–H groups in total. The number of carbonyl (C=O) groups is 3. The maximum atomic E-state index is 14.8. The minimum Gasteiger partial charge on any atom is -0.464 e. The molecule has 1 unspecified atom stereocenters. The average Bonchev–Trinajstić information content (AvgIpc) is 3.39. The first-order valence-corrected chi connectivity index (χ1v) is 12.3. The Kier molecular flexibility index (Phi) is 9.38. The van der Waals surface area contributed by atoms with E-state index in [1.807, 2.05) is 5.32 Å². The van der Waals surface area contributed by atoms with E-state index < -0.39 is 81.4 Å². The number of anilines is 1. The molecule has 0 spiro atoms.